The van der Waals surface area contributed by atoms with Gasteiger partial charge in [-0.05, 0) is 24.3 Å². The zero-order valence-electron chi connectivity index (χ0n) is 15.8. The predicted molar refractivity (Wildman–Crippen MR) is 104 cm³/mol. The number of carbonyl (C=O) groups excluding carboxylic acids is 1. The molecule has 27 heavy (non-hydrogen) atoms. The summed E-state index contributed by atoms with van der Waals surface area (Å²) in [5.74, 6) is 1.95. The van der Waals surface area contributed by atoms with Crippen LogP contribution in [0.5, 0.6) is 17.2 Å². The molecule has 1 aliphatic heterocycles. The van der Waals surface area contributed by atoms with Gasteiger partial charge in [-0.1, -0.05) is 6.08 Å². The summed E-state index contributed by atoms with van der Waals surface area (Å²) in [6.45, 7) is 5.69. The van der Waals surface area contributed by atoms with Crippen molar-refractivity contribution in [3.8, 4) is 17.2 Å². The van der Waals surface area contributed by atoms with E-state index in [0.29, 0.717) is 42.4 Å². The molecular formula is C20H23N3O4. The van der Waals surface area contributed by atoms with E-state index in [1.54, 1.807) is 23.2 Å². The molecule has 0 saturated heterocycles. The first kappa shape index (κ1) is 18.6. The van der Waals surface area contributed by atoms with Gasteiger partial charge >= 0.3 is 0 Å². The van der Waals surface area contributed by atoms with Crippen LogP contribution in [0.25, 0.3) is 0 Å². The average Bonchev–Trinajstić information content (AvgIpc) is 2.72. The third-order valence-electron chi connectivity index (χ3n) is 4.46. The van der Waals surface area contributed by atoms with Crippen molar-refractivity contribution in [2.45, 2.75) is 0 Å². The fraction of sp³-hybridized carbons (Fsp3) is 0.300. The molecule has 0 spiro atoms. The molecule has 0 bridgehead atoms. The molecule has 1 aromatic heterocycles. The van der Waals surface area contributed by atoms with E-state index in [1.165, 1.54) is 21.3 Å². The lowest BCUT2D eigenvalue weighted by molar-refractivity contribution is 0.0985. The standard InChI is InChI=1S/C20H23N3O4/c1-5-9-22-10-11-23(15-7-6-8-21-19(15)22)20(24)14-12-16(25-2)18(27-4)17(13-14)26-3/h5-8,12-13H,1,9-11H2,2-4H3. The van der Waals surface area contributed by atoms with E-state index in [0.717, 1.165) is 11.5 Å². The zero-order valence-corrected chi connectivity index (χ0v) is 15.8. The summed E-state index contributed by atoms with van der Waals surface area (Å²) < 4.78 is 16.1. The Kier molecular flexibility index (Phi) is 5.49. The van der Waals surface area contributed by atoms with E-state index < -0.39 is 0 Å². The van der Waals surface area contributed by atoms with E-state index in [2.05, 4.69) is 16.5 Å². The molecule has 7 heteroatoms. The Morgan fingerprint density at radius 2 is 1.89 bits per heavy atom. The highest BCUT2D eigenvalue weighted by atomic mass is 16.5. The Morgan fingerprint density at radius 3 is 2.48 bits per heavy atom. The number of methoxy groups -OCH3 is 3. The normalized spacial score (nSPS) is 13.0. The van der Waals surface area contributed by atoms with Gasteiger partial charge in [0.1, 0.15) is 0 Å². The molecule has 0 saturated carbocycles. The minimum atomic E-state index is -0.151. The molecule has 142 valence electrons. The second kappa shape index (κ2) is 7.99. The van der Waals surface area contributed by atoms with Crippen molar-refractivity contribution >= 4 is 17.4 Å². The monoisotopic (exact) mass is 369 g/mol. The summed E-state index contributed by atoms with van der Waals surface area (Å²) in [6, 6.07) is 7.05. The Balaban J connectivity index is 2.01. The average molecular weight is 369 g/mol. The molecule has 3 rings (SSSR count). The molecule has 0 N–H and O–H groups in total. The molecule has 0 radical (unpaired) electrons. The van der Waals surface area contributed by atoms with Crippen molar-refractivity contribution < 1.29 is 19.0 Å². The van der Waals surface area contributed by atoms with Gasteiger partial charge in [-0.3, -0.25) is 4.79 Å². The quantitative estimate of drug-likeness (QED) is 0.730. The van der Waals surface area contributed by atoms with Gasteiger partial charge < -0.3 is 24.0 Å². The van der Waals surface area contributed by atoms with Gasteiger partial charge in [-0.25, -0.2) is 4.98 Å². The minimum Gasteiger partial charge on any atom is -0.493 e. The van der Waals surface area contributed by atoms with Gasteiger partial charge in [0.05, 0.1) is 27.0 Å². The summed E-state index contributed by atoms with van der Waals surface area (Å²) in [4.78, 5) is 21.5. The molecule has 7 nitrogen and oxygen atoms in total. The molecule has 0 fully saturated rings. The molecular weight excluding hydrogens is 346 g/mol. The lowest BCUT2D eigenvalue weighted by Crippen LogP contribution is -2.44. The topological polar surface area (TPSA) is 64.1 Å². The molecule has 2 heterocycles. The summed E-state index contributed by atoms with van der Waals surface area (Å²) >= 11 is 0. The first-order valence-electron chi connectivity index (χ1n) is 8.57. The van der Waals surface area contributed by atoms with Crippen molar-refractivity contribution in [3.05, 3.63) is 48.7 Å². The van der Waals surface area contributed by atoms with Crippen LogP contribution < -0.4 is 24.0 Å². The highest BCUT2D eigenvalue weighted by molar-refractivity contribution is 6.08. The van der Waals surface area contributed by atoms with Gasteiger partial charge in [0.2, 0.25) is 5.75 Å². The Hall–Kier alpha value is -3.22. The van der Waals surface area contributed by atoms with Gasteiger partial charge in [-0.15, -0.1) is 6.58 Å². The third kappa shape index (κ3) is 3.40. The minimum absolute atomic E-state index is 0.151. The van der Waals surface area contributed by atoms with Gasteiger partial charge in [0.15, 0.2) is 17.3 Å². The van der Waals surface area contributed by atoms with Crippen LogP contribution in [0.1, 0.15) is 10.4 Å². The molecule has 0 unspecified atom stereocenters. The molecule has 2 aromatic rings. The smallest absolute Gasteiger partial charge is 0.258 e. The fourth-order valence-electron chi connectivity index (χ4n) is 3.19. The second-order valence-electron chi connectivity index (χ2n) is 5.95. The van der Waals surface area contributed by atoms with E-state index in [4.69, 9.17) is 14.2 Å². The fourth-order valence-corrected chi connectivity index (χ4v) is 3.19. The number of rotatable bonds is 6. The largest absolute Gasteiger partial charge is 0.493 e. The van der Waals surface area contributed by atoms with Crippen molar-refractivity contribution in [1.82, 2.24) is 4.98 Å². The number of ether oxygens (including phenoxy) is 3. The van der Waals surface area contributed by atoms with Crippen molar-refractivity contribution in [1.29, 1.82) is 0 Å². The summed E-state index contributed by atoms with van der Waals surface area (Å²) in [7, 11) is 4.58. The zero-order chi connectivity index (χ0) is 19.4. The summed E-state index contributed by atoms with van der Waals surface area (Å²) in [5.41, 5.74) is 1.22. The first-order chi connectivity index (χ1) is 13.1. The molecule has 1 aromatic carbocycles. The molecule has 1 amide bonds. The number of nitrogens with zero attached hydrogens (tertiary/aromatic N) is 3. The Labute approximate surface area is 158 Å². The molecule has 0 atom stereocenters. The van der Waals surface area contributed by atoms with Gasteiger partial charge in [0, 0.05) is 31.4 Å². The van der Waals surface area contributed by atoms with E-state index >= 15 is 0 Å². The Bertz CT molecular complexity index is 828. The maximum Gasteiger partial charge on any atom is 0.258 e. The number of pyridine rings is 1. The van der Waals surface area contributed by atoms with Crippen LogP contribution in [-0.2, 0) is 0 Å². The number of aromatic nitrogens is 1. The van der Waals surface area contributed by atoms with Gasteiger partial charge in [0.25, 0.3) is 5.91 Å². The summed E-state index contributed by atoms with van der Waals surface area (Å²) in [5, 5.41) is 0. The van der Waals surface area contributed by atoms with Crippen LogP contribution in [0.3, 0.4) is 0 Å². The number of fused-ring (bicyclic) bond motifs is 1. The van der Waals surface area contributed by atoms with Crippen LogP contribution in [0.2, 0.25) is 0 Å². The number of anilines is 2. The Morgan fingerprint density at radius 1 is 1.19 bits per heavy atom. The maximum atomic E-state index is 13.3. The van der Waals surface area contributed by atoms with Crippen molar-refractivity contribution in [2.24, 2.45) is 0 Å². The second-order valence-corrected chi connectivity index (χ2v) is 5.95. The van der Waals surface area contributed by atoms with Gasteiger partial charge in [-0.2, -0.15) is 0 Å². The van der Waals surface area contributed by atoms with E-state index in [-0.39, 0.29) is 5.91 Å². The number of amides is 1. The van der Waals surface area contributed by atoms with Crippen molar-refractivity contribution in [2.75, 3.05) is 50.8 Å². The highest BCUT2D eigenvalue weighted by Gasteiger charge is 2.29. The van der Waals surface area contributed by atoms with E-state index in [9.17, 15) is 4.79 Å². The maximum absolute atomic E-state index is 13.3. The predicted octanol–water partition coefficient (Wildman–Crippen LogP) is 2.76. The highest BCUT2D eigenvalue weighted by Crippen LogP contribution is 2.39. The SMILES string of the molecule is C=CCN1CCN(C(=O)c2cc(OC)c(OC)c(OC)c2)c2cccnc21. The lowest BCUT2D eigenvalue weighted by Gasteiger charge is -2.36. The summed E-state index contributed by atoms with van der Waals surface area (Å²) in [6.07, 6.45) is 3.55. The number of hydrogen-bond acceptors (Lipinski definition) is 6. The lowest BCUT2D eigenvalue weighted by atomic mass is 10.1. The van der Waals surface area contributed by atoms with Crippen LogP contribution in [-0.4, -0.2) is 51.9 Å². The van der Waals surface area contributed by atoms with Crippen LogP contribution >= 0.6 is 0 Å². The van der Waals surface area contributed by atoms with Crippen LogP contribution in [0, 0.1) is 0 Å². The third-order valence-corrected chi connectivity index (χ3v) is 4.46. The van der Waals surface area contributed by atoms with Crippen LogP contribution in [0.15, 0.2) is 43.1 Å². The number of benzene rings is 1. The molecule has 1 aliphatic rings. The molecule has 0 aliphatic carbocycles. The van der Waals surface area contributed by atoms with E-state index in [1.807, 2.05) is 18.2 Å². The van der Waals surface area contributed by atoms with Crippen molar-refractivity contribution in [3.63, 3.8) is 0 Å². The van der Waals surface area contributed by atoms with Crippen LogP contribution in [0.4, 0.5) is 11.5 Å². The number of hydrogen-bond donors (Lipinski definition) is 0. The number of carbonyl (C=O) groups is 1. The first-order valence-corrected chi connectivity index (χ1v) is 8.57.